The van der Waals surface area contributed by atoms with E-state index in [1.54, 1.807) is 6.08 Å². The van der Waals surface area contributed by atoms with E-state index in [9.17, 15) is 35.1 Å². The van der Waals surface area contributed by atoms with Gasteiger partial charge in [-0.2, -0.15) is 0 Å². The van der Waals surface area contributed by atoms with Gasteiger partial charge in [-0.1, -0.05) is 214 Å². The highest BCUT2D eigenvalue weighted by Crippen LogP contribution is 2.26. The van der Waals surface area contributed by atoms with E-state index in [4.69, 9.17) is 14.2 Å². The van der Waals surface area contributed by atoms with Crippen LogP contribution < -0.4 is 5.32 Å². The second kappa shape index (κ2) is 44.5. The molecule has 0 aromatic carbocycles. The topological polar surface area (TPSA) is 175 Å². The Balaban J connectivity index is 2.83. The van der Waals surface area contributed by atoms with E-state index in [0.717, 1.165) is 83.5 Å². The lowest BCUT2D eigenvalue weighted by atomic mass is 9.99. The molecule has 6 N–H and O–H groups in total. The third-order valence-corrected chi connectivity index (χ3v) is 11.6. The first kappa shape index (κ1) is 62.3. The molecule has 11 nitrogen and oxygen atoms in total. The van der Waals surface area contributed by atoms with E-state index in [-0.39, 0.29) is 19.4 Å². The van der Waals surface area contributed by atoms with Gasteiger partial charge in [0, 0.05) is 6.42 Å². The molecule has 0 aromatic rings. The molecule has 1 rings (SSSR count). The molecule has 1 aliphatic heterocycles. The minimum absolute atomic E-state index is 0.0857. The van der Waals surface area contributed by atoms with Gasteiger partial charge in [-0.05, 0) is 64.2 Å². The summed E-state index contributed by atoms with van der Waals surface area (Å²) < 4.78 is 17.5. The molecule has 8 unspecified atom stereocenters. The number of carbonyl (C=O) groups is 2. The van der Waals surface area contributed by atoms with E-state index in [2.05, 4.69) is 44.3 Å². The molecule has 68 heavy (non-hydrogen) atoms. The molecule has 0 radical (unpaired) electrons. The zero-order chi connectivity index (χ0) is 49.7. The lowest BCUT2D eigenvalue weighted by Crippen LogP contribution is -2.61. The first-order valence-electron chi connectivity index (χ1n) is 26.3. The number of ether oxygens (including phenoxy) is 3. The van der Waals surface area contributed by atoms with E-state index in [1.807, 2.05) is 85.1 Å². The molecule has 11 heteroatoms. The highest BCUT2D eigenvalue weighted by Gasteiger charge is 2.47. The third kappa shape index (κ3) is 33.0. The maximum absolute atomic E-state index is 13.3. The molecule has 0 spiro atoms. The fourth-order valence-electron chi connectivity index (χ4n) is 7.43. The molecule has 1 fully saturated rings. The number of amides is 1. The summed E-state index contributed by atoms with van der Waals surface area (Å²) in [6.07, 6.45) is 48.6. The number of unbranched alkanes of at least 4 members (excludes halogenated alkanes) is 17. The van der Waals surface area contributed by atoms with Gasteiger partial charge in [0.1, 0.15) is 24.4 Å². The quantitative estimate of drug-likeness (QED) is 0.0150. The van der Waals surface area contributed by atoms with Gasteiger partial charge in [0.05, 0.1) is 25.4 Å². The Morgan fingerprint density at radius 3 is 1.59 bits per heavy atom. The van der Waals surface area contributed by atoms with Gasteiger partial charge >= 0.3 is 5.97 Å². The highest BCUT2D eigenvalue weighted by molar-refractivity contribution is 5.80. The molecular weight excluding hydrogens is 859 g/mol. The largest absolute Gasteiger partial charge is 0.454 e. The van der Waals surface area contributed by atoms with Crippen LogP contribution in [0.15, 0.2) is 109 Å². The number of aliphatic hydroxyl groups excluding tert-OH is 5. The van der Waals surface area contributed by atoms with Crippen LogP contribution >= 0.6 is 0 Å². The lowest BCUT2D eigenvalue weighted by molar-refractivity contribution is -0.305. The van der Waals surface area contributed by atoms with Crippen LogP contribution in [0.4, 0.5) is 0 Å². The SMILES string of the molecule is CC/C=C/C=C/C=C\C=C/CCCCC(O)C(=O)NC(COC1OC(CO)C(O)C(O)C1OC(=O)CCCCCCC\C=C/C=C/C=C/C=C/CC)C(O)/C=C/CCCCCCCCCCCC. The third-order valence-electron chi connectivity index (χ3n) is 11.6. The maximum Gasteiger partial charge on any atom is 0.306 e. The standard InChI is InChI=1S/C57H93NO10/c1-4-7-10-13-16-19-22-25-26-27-30-33-36-39-42-45-52(62)68-55-54(64)53(63)51(46-59)67-57(55)66-47-48(49(60)43-40-37-34-31-28-23-20-17-14-11-8-5-2)58-56(65)50(61)44-41-38-35-32-29-24-21-18-15-12-9-6-3/h7,9-10,12-13,15-16,18-19,21-22,24-26,29,32,40,43,48-51,53-55,57,59-61,63-64H,4-6,8,11,14,17,20,23,27-28,30-31,33-39,41-42,44-47H2,1-3H3,(H,58,65)/b10-7+,12-9+,16-13+,18-15+,22-19+,24-21-,26-25-,32-29-,43-40+. The van der Waals surface area contributed by atoms with Gasteiger partial charge in [0.25, 0.3) is 0 Å². The highest BCUT2D eigenvalue weighted by atomic mass is 16.7. The van der Waals surface area contributed by atoms with Crippen molar-refractivity contribution in [2.24, 2.45) is 0 Å². The van der Waals surface area contributed by atoms with Crippen LogP contribution in [0.25, 0.3) is 0 Å². The Kier molecular flexibility index (Phi) is 40.8. The molecule has 0 aliphatic carbocycles. The monoisotopic (exact) mass is 952 g/mol. The zero-order valence-corrected chi connectivity index (χ0v) is 42.2. The van der Waals surface area contributed by atoms with Crippen molar-refractivity contribution < 1.29 is 49.3 Å². The van der Waals surface area contributed by atoms with Crippen molar-refractivity contribution in [3.8, 4) is 0 Å². The Labute approximate surface area is 411 Å². The molecule has 386 valence electrons. The van der Waals surface area contributed by atoms with Crippen molar-refractivity contribution in [2.75, 3.05) is 13.2 Å². The summed E-state index contributed by atoms with van der Waals surface area (Å²) in [5, 5.41) is 56.6. The van der Waals surface area contributed by atoms with Crippen LogP contribution in [-0.2, 0) is 23.8 Å². The molecule has 0 aromatic heterocycles. The molecule has 0 bridgehead atoms. The zero-order valence-electron chi connectivity index (χ0n) is 42.2. The van der Waals surface area contributed by atoms with Crippen molar-refractivity contribution in [1.82, 2.24) is 5.32 Å². The van der Waals surface area contributed by atoms with Crippen LogP contribution in [0.1, 0.15) is 175 Å². The summed E-state index contributed by atoms with van der Waals surface area (Å²) >= 11 is 0. The lowest BCUT2D eigenvalue weighted by Gasteiger charge is -2.41. The van der Waals surface area contributed by atoms with Gasteiger partial charge in [-0.15, -0.1) is 0 Å². The number of esters is 1. The first-order chi connectivity index (χ1) is 33.2. The van der Waals surface area contributed by atoms with Crippen LogP contribution in [0, 0.1) is 0 Å². The summed E-state index contributed by atoms with van der Waals surface area (Å²) in [6.45, 7) is 5.41. The average Bonchev–Trinajstić information content (AvgIpc) is 3.33. The van der Waals surface area contributed by atoms with Crippen molar-refractivity contribution in [1.29, 1.82) is 0 Å². The number of aliphatic hydroxyl groups is 5. The Bertz CT molecular complexity index is 1510. The van der Waals surface area contributed by atoms with Crippen LogP contribution in [-0.4, -0.2) is 99.6 Å². The van der Waals surface area contributed by atoms with E-state index < -0.39 is 67.4 Å². The fraction of sp³-hybridized carbons (Fsp3) is 0.649. The van der Waals surface area contributed by atoms with Crippen LogP contribution in [0.3, 0.4) is 0 Å². The minimum atomic E-state index is -1.64. The van der Waals surface area contributed by atoms with Gasteiger partial charge in [0.15, 0.2) is 12.4 Å². The molecule has 8 atom stereocenters. The molecular formula is C57H93NO10. The van der Waals surface area contributed by atoms with Crippen LogP contribution in [0.2, 0.25) is 0 Å². The van der Waals surface area contributed by atoms with Gasteiger partial charge < -0.3 is 45.1 Å². The fourth-order valence-corrected chi connectivity index (χ4v) is 7.43. The predicted molar refractivity (Wildman–Crippen MR) is 278 cm³/mol. The summed E-state index contributed by atoms with van der Waals surface area (Å²) in [4.78, 5) is 26.3. The number of carbonyl (C=O) groups excluding carboxylic acids is 2. The first-order valence-corrected chi connectivity index (χ1v) is 26.3. The van der Waals surface area contributed by atoms with Gasteiger partial charge in [-0.3, -0.25) is 9.59 Å². The number of hydrogen-bond donors (Lipinski definition) is 6. The van der Waals surface area contributed by atoms with E-state index >= 15 is 0 Å². The summed E-state index contributed by atoms with van der Waals surface area (Å²) in [5.41, 5.74) is 0. The van der Waals surface area contributed by atoms with Crippen molar-refractivity contribution >= 4 is 11.9 Å². The average molecular weight is 952 g/mol. The molecule has 1 saturated heterocycles. The van der Waals surface area contributed by atoms with Gasteiger partial charge in [0.2, 0.25) is 5.91 Å². The Morgan fingerprint density at radius 1 is 0.588 bits per heavy atom. The molecule has 1 heterocycles. The van der Waals surface area contributed by atoms with Crippen molar-refractivity contribution in [2.45, 2.75) is 224 Å². The normalized spacial score (nSPS) is 20.9. The second-order valence-corrected chi connectivity index (χ2v) is 17.7. The maximum atomic E-state index is 13.3. The van der Waals surface area contributed by atoms with E-state index in [0.29, 0.717) is 12.8 Å². The Morgan fingerprint density at radius 2 is 1.06 bits per heavy atom. The second-order valence-electron chi connectivity index (χ2n) is 17.7. The molecule has 0 saturated carbocycles. The Hall–Kier alpha value is -3.68. The summed E-state index contributed by atoms with van der Waals surface area (Å²) in [7, 11) is 0. The number of rotatable bonds is 41. The summed E-state index contributed by atoms with van der Waals surface area (Å²) in [5.74, 6) is -1.27. The number of allylic oxidation sites excluding steroid dienone is 17. The number of nitrogens with one attached hydrogen (secondary N) is 1. The molecule has 1 amide bonds. The van der Waals surface area contributed by atoms with E-state index in [1.165, 1.54) is 44.9 Å². The number of hydrogen-bond acceptors (Lipinski definition) is 10. The van der Waals surface area contributed by atoms with Crippen LogP contribution in [0.5, 0.6) is 0 Å². The molecule has 1 aliphatic rings. The summed E-state index contributed by atoms with van der Waals surface area (Å²) in [6, 6.07) is -1.05. The predicted octanol–water partition coefficient (Wildman–Crippen LogP) is 11.0. The van der Waals surface area contributed by atoms with Gasteiger partial charge in [-0.25, -0.2) is 0 Å². The van der Waals surface area contributed by atoms with Crippen molar-refractivity contribution in [3.63, 3.8) is 0 Å². The smallest absolute Gasteiger partial charge is 0.306 e. The van der Waals surface area contributed by atoms with Crippen molar-refractivity contribution in [3.05, 3.63) is 109 Å². The minimum Gasteiger partial charge on any atom is -0.454 e.